The summed E-state index contributed by atoms with van der Waals surface area (Å²) < 4.78 is 0. The molecule has 5 heteroatoms. The summed E-state index contributed by atoms with van der Waals surface area (Å²) in [5.41, 5.74) is 7.44. The molecule has 1 aromatic heterocycles. The minimum atomic E-state index is 0.480. The van der Waals surface area contributed by atoms with Gasteiger partial charge in [0.15, 0.2) is 0 Å². The summed E-state index contributed by atoms with van der Waals surface area (Å²) in [6.07, 6.45) is 14.0. The molecule has 1 saturated carbocycles. The summed E-state index contributed by atoms with van der Waals surface area (Å²) in [7, 11) is 0. The lowest BCUT2D eigenvalue weighted by molar-refractivity contribution is 0.117. The van der Waals surface area contributed by atoms with E-state index in [4.69, 9.17) is 4.98 Å². The van der Waals surface area contributed by atoms with Gasteiger partial charge >= 0.3 is 0 Å². The van der Waals surface area contributed by atoms with Crippen molar-refractivity contribution in [3.63, 3.8) is 0 Å². The molecule has 2 fully saturated rings. The first-order chi connectivity index (χ1) is 17.3. The van der Waals surface area contributed by atoms with E-state index in [1.165, 1.54) is 80.4 Å². The van der Waals surface area contributed by atoms with Crippen molar-refractivity contribution in [1.82, 2.24) is 20.5 Å². The molecule has 0 unspecified atom stereocenters. The van der Waals surface area contributed by atoms with E-state index in [0.717, 1.165) is 51.6 Å². The third-order valence-corrected chi connectivity index (χ3v) is 9.02. The quantitative estimate of drug-likeness (QED) is 0.648. The number of rotatable bonds is 6. The number of piperazine rings is 1. The lowest BCUT2D eigenvalue weighted by Crippen LogP contribution is -2.49. The molecular weight excluding hydrogens is 430 g/mol. The highest BCUT2D eigenvalue weighted by molar-refractivity contribution is 5.58. The van der Waals surface area contributed by atoms with E-state index in [1.54, 1.807) is 5.56 Å². The van der Waals surface area contributed by atoms with E-state index >= 15 is 0 Å². The van der Waals surface area contributed by atoms with Crippen molar-refractivity contribution < 1.29 is 0 Å². The normalized spacial score (nSPS) is 25.3. The first-order valence-corrected chi connectivity index (χ1v) is 14.3. The first kappa shape index (κ1) is 23.4. The van der Waals surface area contributed by atoms with E-state index in [9.17, 15) is 0 Å². The Morgan fingerprint density at radius 2 is 1.77 bits per heavy atom. The number of aryl methyl sites for hydroxylation is 1. The number of aromatic nitrogens is 1. The fourth-order valence-corrected chi connectivity index (χ4v) is 7.18. The summed E-state index contributed by atoms with van der Waals surface area (Å²) in [6.45, 7) is 7.79. The molecule has 1 saturated heterocycles. The average molecular weight is 474 g/mol. The molecule has 0 spiro atoms. The number of anilines is 1. The van der Waals surface area contributed by atoms with Crippen LogP contribution in [0.4, 0.5) is 5.69 Å². The Balaban J connectivity index is 1.23. The summed E-state index contributed by atoms with van der Waals surface area (Å²) in [5.74, 6) is 0.852. The van der Waals surface area contributed by atoms with Gasteiger partial charge in [0, 0.05) is 63.7 Å². The smallest absolute Gasteiger partial charge is 0.0607 e. The van der Waals surface area contributed by atoms with Crippen LogP contribution in [-0.2, 0) is 19.4 Å². The Kier molecular flexibility index (Phi) is 7.36. The Morgan fingerprint density at radius 1 is 0.914 bits per heavy atom. The Labute approximate surface area is 211 Å². The largest absolute Gasteiger partial charge is 0.369 e. The molecule has 2 aliphatic carbocycles. The zero-order valence-electron chi connectivity index (χ0n) is 21.4. The van der Waals surface area contributed by atoms with Gasteiger partial charge < -0.3 is 15.5 Å². The SMILES string of the molecule is c1cnc2c(c1)CCC[C@@H]2N(CC1CCCCC1)C[C@H]1Cc2c(cccc2N2CCNCC2)CN1. The second-order valence-corrected chi connectivity index (χ2v) is 11.3. The van der Waals surface area contributed by atoms with Gasteiger partial charge in [-0.05, 0) is 73.3 Å². The Hall–Kier alpha value is -1.95. The number of hydrogen-bond acceptors (Lipinski definition) is 5. The van der Waals surface area contributed by atoms with Crippen LogP contribution in [0.25, 0.3) is 0 Å². The van der Waals surface area contributed by atoms with Crippen LogP contribution in [0.2, 0.25) is 0 Å². The predicted octanol–water partition coefficient (Wildman–Crippen LogP) is 4.47. The molecule has 2 N–H and O–H groups in total. The number of nitrogens with zero attached hydrogens (tertiary/aromatic N) is 3. The summed E-state index contributed by atoms with van der Waals surface area (Å²) >= 11 is 0. The molecular formula is C30H43N5. The van der Waals surface area contributed by atoms with E-state index in [0.29, 0.717) is 12.1 Å². The lowest BCUT2D eigenvalue weighted by Gasteiger charge is -2.41. The Bertz CT molecular complexity index is 978. The molecule has 1 aromatic carbocycles. The zero-order valence-corrected chi connectivity index (χ0v) is 21.4. The van der Waals surface area contributed by atoms with Gasteiger partial charge in [0.2, 0.25) is 0 Å². The fourth-order valence-electron chi connectivity index (χ4n) is 7.18. The van der Waals surface area contributed by atoms with Gasteiger partial charge in [0.1, 0.15) is 0 Å². The molecule has 2 aromatic rings. The topological polar surface area (TPSA) is 43.4 Å². The highest BCUT2D eigenvalue weighted by Crippen LogP contribution is 2.36. The summed E-state index contributed by atoms with van der Waals surface area (Å²) in [5, 5.41) is 7.46. The van der Waals surface area contributed by atoms with E-state index in [1.807, 2.05) is 6.20 Å². The van der Waals surface area contributed by atoms with Gasteiger partial charge in [0.05, 0.1) is 11.7 Å². The second kappa shape index (κ2) is 11.0. The van der Waals surface area contributed by atoms with Crippen molar-refractivity contribution in [1.29, 1.82) is 0 Å². The van der Waals surface area contributed by atoms with Crippen LogP contribution in [0.5, 0.6) is 0 Å². The minimum Gasteiger partial charge on any atom is -0.369 e. The molecule has 188 valence electrons. The molecule has 0 amide bonds. The number of nitrogens with one attached hydrogen (secondary N) is 2. The standard InChI is InChI=1S/C30H43N5/c1-2-7-23(8-3-1)21-35(29-13-4-9-24-11-6-14-32-30(24)29)22-26-19-27-25(20-33-26)10-5-12-28(27)34-17-15-31-16-18-34/h5-6,10-12,14,23,26,29,31,33H,1-4,7-9,13,15-22H2/t26-,29+/m1/s1. The Morgan fingerprint density at radius 3 is 2.66 bits per heavy atom. The van der Waals surface area contributed by atoms with Crippen LogP contribution in [0, 0.1) is 5.92 Å². The summed E-state index contributed by atoms with van der Waals surface area (Å²) in [6, 6.07) is 12.4. The maximum atomic E-state index is 4.94. The zero-order chi connectivity index (χ0) is 23.5. The molecule has 35 heavy (non-hydrogen) atoms. The van der Waals surface area contributed by atoms with Crippen molar-refractivity contribution >= 4 is 5.69 Å². The maximum Gasteiger partial charge on any atom is 0.0607 e. The third-order valence-electron chi connectivity index (χ3n) is 9.02. The van der Waals surface area contributed by atoms with Crippen LogP contribution < -0.4 is 15.5 Å². The average Bonchev–Trinajstić information content (AvgIpc) is 2.93. The van der Waals surface area contributed by atoms with Gasteiger partial charge in [-0.2, -0.15) is 0 Å². The molecule has 4 aliphatic rings. The van der Waals surface area contributed by atoms with Crippen molar-refractivity contribution in [3.8, 4) is 0 Å². The first-order valence-electron chi connectivity index (χ1n) is 14.3. The molecule has 0 radical (unpaired) electrons. The van der Waals surface area contributed by atoms with Crippen LogP contribution in [-0.4, -0.2) is 55.2 Å². The summed E-state index contributed by atoms with van der Waals surface area (Å²) in [4.78, 5) is 10.4. The second-order valence-electron chi connectivity index (χ2n) is 11.3. The molecule has 2 atom stereocenters. The van der Waals surface area contributed by atoms with Gasteiger partial charge in [-0.3, -0.25) is 9.88 Å². The fraction of sp³-hybridized carbons (Fsp3) is 0.633. The van der Waals surface area contributed by atoms with Gasteiger partial charge in [0.25, 0.3) is 0 Å². The number of fused-ring (bicyclic) bond motifs is 2. The van der Waals surface area contributed by atoms with Crippen molar-refractivity contribution in [3.05, 3.63) is 58.9 Å². The van der Waals surface area contributed by atoms with Crippen LogP contribution in [0.15, 0.2) is 36.5 Å². The van der Waals surface area contributed by atoms with Crippen molar-refractivity contribution in [2.75, 3.05) is 44.2 Å². The highest BCUT2D eigenvalue weighted by Gasteiger charge is 2.32. The third kappa shape index (κ3) is 5.28. The predicted molar refractivity (Wildman–Crippen MR) is 144 cm³/mol. The monoisotopic (exact) mass is 473 g/mol. The van der Waals surface area contributed by atoms with Crippen LogP contribution >= 0.6 is 0 Å². The van der Waals surface area contributed by atoms with Crippen LogP contribution in [0.3, 0.4) is 0 Å². The number of pyridine rings is 1. The van der Waals surface area contributed by atoms with E-state index in [2.05, 4.69) is 50.8 Å². The van der Waals surface area contributed by atoms with Gasteiger partial charge in [-0.15, -0.1) is 0 Å². The number of hydrogen-bond donors (Lipinski definition) is 2. The molecule has 6 rings (SSSR count). The minimum absolute atomic E-state index is 0.480. The van der Waals surface area contributed by atoms with Crippen LogP contribution in [0.1, 0.15) is 73.4 Å². The number of benzene rings is 1. The maximum absolute atomic E-state index is 4.94. The van der Waals surface area contributed by atoms with Crippen molar-refractivity contribution in [2.45, 2.75) is 76.4 Å². The van der Waals surface area contributed by atoms with E-state index in [-0.39, 0.29) is 0 Å². The molecule has 0 bridgehead atoms. The van der Waals surface area contributed by atoms with Gasteiger partial charge in [-0.1, -0.05) is 37.5 Å². The highest BCUT2D eigenvalue weighted by atomic mass is 15.2. The molecule has 5 nitrogen and oxygen atoms in total. The molecule has 2 aliphatic heterocycles. The molecule has 3 heterocycles. The van der Waals surface area contributed by atoms with Gasteiger partial charge in [-0.25, -0.2) is 0 Å². The lowest BCUT2D eigenvalue weighted by atomic mass is 9.85. The van der Waals surface area contributed by atoms with E-state index < -0.39 is 0 Å². The van der Waals surface area contributed by atoms with Crippen molar-refractivity contribution in [2.24, 2.45) is 5.92 Å².